The van der Waals surface area contributed by atoms with Gasteiger partial charge in [0.05, 0.1) is 30.2 Å². The Balaban J connectivity index is 1.73. The minimum atomic E-state index is -0.491. The highest BCUT2D eigenvalue weighted by Crippen LogP contribution is 2.57. The maximum absolute atomic E-state index is 13.0. The van der Waals surface area contributed by atoms with Gasteiger partial charge < -0.3 is 4.74 Å². The molecule has 4 atom stereocenters. The van der Waals surface area contributed by atoms with Crippen molar-refractivity contribution in [3.63, 3.8) is 0 Å². The molecule has 1 heterocycles. The minimum Gasteiger partial charge on any atom is -0.465 e. The lowest BCUT2D eigenvalue weighted by atomic mass is 9.85. The van der Waals surface area contributed by atoms with Crippen LogP contribution in [0, 0.1) is 23.7 Å². The van der Waals surface area contributed by atoms with Gasteiger partial charge in [-0.25, -0.2) is 9.69 Å². The number of rotatable bonds is 2. The Morgan fingerprint density at radius 2 is 1.64 bits per heavy atom. The molecule has 128 valence electrons. The summed E-state index contributed by atoms with van der Waals surface area (Å²) in [4.78, 5) is 39.1. The van der Waals surface area contributed by atoms with Gasteiger partial charge in [0.25, 0.3) is 0 Å². The Morgan fingerprint density at radius 3 is 2.16 bits per heavy atom. The number of hydrogen-bond acceptors (Lipinski definition) is 4. The molecule has 1 aromatic rings. The molecular formula is C20H19NO4. The van der Waals surface area contributed by atoms with Crippen LogP contribution >= 0.6 is 0 Å². The number of fused-ring (bicyclic) bond motifs is 5. The highest BCUT2D eigenvalue weighted by Gasteiger charge is 2.61. The number of methoxy groups -OCH3 is 1. The average molecular weight is 337 g/mol. The summed E-state index contributed by atoms with van der Waals surface area (Å²) >= 11 is 0. The standard InChI is InChI=1S/C20H19NO4/c1-10(2)15-13-7-8-14(15)17-16(13)18(22)21(19(17)23)12-6-4-5-11(9-12)20(24)25-3/h4-9,13-14,16-17H,1-3H3/t13-,14+,16-,17-/m1/s1. The van der Waals surface area contributed by atoms with E-state index in [9.17, 15) is 14.4 Å². The van der Waals surface area contributed by atoms with Gasteiger partial charge in [0, 0.05) is 11.8 Å². The van der Waals surface area contributed by atoms with Crippen LogP contribution in [0.1, 0.15) is 24.2 Å². The fourth-order valence-electron chi connectivity index (χ4n) is 4.57. The van der Waals surface area contributed by atoms with Crippen LogP contribution in [-0.2, 0) is 14.3 Å². The summed E-state index contributed by atoms with van der Waals surface area (Å²) in [6, 6.07) is 6.48. The van der Waals surface area contributed by atoms with E-state index in [1.807, 2.05) is 13.8 Å². The molecule has 3 aliphatic rings. The smallest absolute Gasteiger partial charge is 0.337 e. The zero-order valence-electron chi connectivity index (χ0n) is 14.4. The molecule has 1 aliphatic heterocycles. The second-order valence-corrected chi connectivity index (χ2v) is 7.00. The first-order valence-electron chi connectivity index (χ1n) is 8.37. The minimum absolute atomic E-state index is 0.0187. The van der Waals surface area contributed by atoms with Gasteiger partial charge in [-0.3, -0.25) is 9.59 Å². The van der Waals surface area contributed by atoms with E-state index in [1.165, 1.54) is 23.2 Å². The van der Waals surface area contributed by atoms with Crippen molar-refractivity contribution in [1.29, 1.82) is 0 Å². The van der Waals surface area contributed by atoms with E-state index < -0.39 is 5.97 Å². The lowest BCUT2D eigenvalue weighted by Gasteiger charge is -2.19. The topological polar surface area (TPSA) is 63.7 Å². The van der Waals surface area contributed by atoms with Crippen molar-refractivity contribution in [2.24, 2.45) is 23.7 Å². The molecule has 0 N–H and O–H groups in total. The molecule has 2 aliphatic carbocycles. The summed E-state index contributed by atoms with van der Waals surface area (Å²) in [7, 11) is 1.30. The third-order valence-electron chi connectivity index (χ3n) is 5.52. The number of carbonyl (C=O) groups excluding carboxylic acids is 3. The molecule has 2 fully saturated rings. The Hall–Kier alpha value is -2.69. The molecule has 25 heavy (non-hydrogen) atoms. The number of allylic oxidation sites excluding steroid dienone is 4. The van der Waals surface area contributed by atoms with E-state index in [2.05, 4.69) is 12.2 Å². The maximum Gasteiger partial charge on any atom is 0.337 e. The van der Waals surface area contributed by atoms with Crippen LogP contribution < -0.4 is 4.90 Å². The van der Waals surface area contributed by atoms with Crippen molar-refractivity contribution >= 4 is 23.5 Å². The molecular weight excluding hydrogens is 318 g/mol. The number of esters is 1. The molecule has 0 radical (unpaired) electrons. The van der Waals surface area contributed by atoms with Crippen molar-refractivity contribution < 1.29 is 19.1 Å². The third kappa shape index (κ3) is 2.05. The fourth-order valence-corrected chi connectivity index (χ4v) is 4.57. The molecule has 5 heteroatoms. The molecule has 0 aromatic heterocycles. The molecule has 4 rings (SSSR count). The molecule has 2 bridgehead atoms. The first-order chi connectivity index (χ1) is 12.0. The summed E-state index contributed by atoms with van der Waals surface area (Å²) in [5.74, 6) is -1.45. The normalized spacial score (nSPS) is 29.4. The van der Waals surface area contributed by atoms with Gasteiger partial charge in [-0.15, -0.1) is 0 Å². The second-order valence-electron chi connectivity index (χ2n) is 7.00. The average Bonchev–Trinajstić information content (AvgIpc) is 3.24. The quantitative estimate of drug-likeness (QED) is 0.473. The first-order valence-corrected chi connectivity index (χ1v) is 8.37. The zero-order valence-corrected chi connectivity index (χ0v) is 14.4. The van der Waals surface area contributed by atoms with E-state index in [-0.39, 0.29) is 35.5 Å². The Bertz CT molecular complexity index is 828. The van der Waals surface area contributed by atoms with E-state index in [0.29, 0.717) is 11.3 Å². The summed E-state index contributed by atoms with van der Waals surface area (Å²) < 4.78 is 4.72. The van der Waals surface area contributed by atoms with Crippen LogP contribution in [0.25, 0.3) is 0 Å². The predicted molar refractivity (Wildman–Crippen MR) is 91.7 cm³/mol. The first kappa shape index (κ1) is 15.8. The van der Waals surface area contributed by atoms with E-state index in [0.717, 1.165) is 0 Å². The fraction of sp³-hybridized carbons (Fsp3) is 0.350. The zero-order chi connectivity index (χ0) is 17.9. The molecule has 1 saturated heterocycles. The molecule has 0 spiro atoms. The molecule has 5 nitrogen and oxygen atoms in total. The third-order valence-corrected chi connectivity index (χ3v) is 5.52. The number of nitrogens with zero attached hydrogens (tertiary/aromatic N) is 1. The largest absolute Gasteiger partial charge is 0.465 e. The van der Waals surface area contributed by atoms with Gasteiger partial charge in [-0.2, -0.15) is 0 Å². The van der Waals surface area contributed by atoms with Gasteiger partial charge in [0.1, 0.15) is 0 Å². The van der Waals surface area contributed by atoms with Crippen molar-refractivity contribution in [3.8, 4) is 0 Å². The highest BCUT2D eigenvalue weighted by atomic mass is 16.5. The van der Waals surface area contributed by atoms with Crippen LogP contribution in [0.15, 0.2) is 47.6 Å². The van der Waals surface area contributed by atoms with Gasteiger partial charge >= 0.3 is 5.97 Å². The molecule has 2 amide bonds. The highest BCUT2D eigenvalue weighted by molar-refractivity contribution is 6.23. The van der Waals surface area contributed by atoms with Crippen molar-refractivity contribution in [3.05, 3.63) is 53.1 Å². The summed E-state index contributed by atoms with van der Waals surface area (Å²) in [6.45, 7) is 4.08. The van der Waals surface area contributed by atoms with Gasteiger partial charge in [0.15, 0.2) is 0 Å². The summed E-state index contributed by atoms with van der Waals surface area (Å²) in [5, 5.41) is 0. The van der Waals surface area contributed by atoms with Crippen molar-refractivity contribution in [1.82, 2.24) is 0 Å². The predicted octanol–water partition coefficient (Wildman–Crippen LogP) is 2.73. The second kappa shape index (κ2) is 5.41. The number of imide groups is 1. The SMILES string of the molecule is COC(=O)c1cccc(N2C(=O)[C@H]3[C@H](C2=O)[C@H]2C=C[C@@H]3C2=C(C)C)c1. The summed E-state index contributed by atoms with van der Waals surface area (Å²) in [6.07, 6.45) is 4.13. The van der Waals surface area contributed by atoms with Crippen molar-refractivity contribution in [2.75, 3.05) is 12.0 Å². The van der Waals surface area contributed by atoms with E-state index in [4.69, 9.17) is 4.74 Å². The number of amides is 2. The maximum atomic E-state index is 13.0. The number of carbonyl (C=O) groups is 3. The lowest BCUT2D eigenvalue weighted by molar-refractivity contribution is -0.122. The Morgan fingerprint density at radius 1 is 1.04 bits per heavy atom. The number of anilines is 1. The van der Waals surface area contributed by atoms with E-state index >= 15 is 0 Å². The van der Waals surface area contributed by atoms with Crippen LogP contribution in [0.5, 0.6) is 0 Å². The lowest BCUT2D eigenvalue weighted by Crippen LogP contribution is -2.33. The molecule has 1 saturated carbocycles. The monoisotopic (exact) mass is 337 g/mol. The van der Waals surface area contributed by atoms with Gasteiger partial charge in [0.2, 0.25) is 11.8 Å². The summed E-state index contributed by atoms with van der Waals surface area (Å²) in [5.41, 5.74) is 3.17. The Labute approximate surface area is 146 Å². The van der Waals surface area contributed by atoms with Crippen LogP contribution in [0.3, 0.4) is 0 Å². The van der Waals surface area contributed by atoms with E-state index in [1.54, 1.807) is 24.3 Å². The van der Waals surface area contributed by atoms with Crippen LogP contribution in [0.4, 0.5) is 5.69 Å². The van der Waals surface area contributed by atoms with Crippen LogP contribution in [-0.4, -0.2) is 24.9 Å². The number of ether oxygens (including phenoxy) is 1. The van der Waals surface area contributed by atoms with Gasteiger partial charge in [-0.1, -0.05) is 29.4 Å². The van der Waals surface area contributed by atoms with Crippen LogP contribution in [0.2, 0.25) is 0 Å². The Kier molecular flexibility index (Phi) is 3.42. The van der Waals surface area contributed by atoms with Crippen molar-refractivity contribution in [2.45, 2.75) is 13.8 Å². The molecule has 1 aromatic carbocycles. The van der Waals surface area contributed by atoms with Gasteiger partial charge in [-0.05, 0) is 32.0 Å². The molecule has 0 unspecified atom stereocenters. The number of hydrogen-bond donors (Lipinski definition) is 0. The number of benzene rings is 1.